The van der Waals surface area contributed by atoms with E-state index in [0.717, 1.165) is 22.4 Å². The first-order valence-corrected chi connectivity index (χ1v) is 13.1. The van der Waals surface area contributed by atoms with Crippen LogP contribution in [-0.4, -0.2) is 39.4 Å². The number of nitrogens with zero attached hydrogens (tertiary/aromatic N) is 3. The quantitative estimate of drug-likeness (QED) is 0.264. The average molecular weight is 522 g/mol. The summed E-state index contributed by atoms with van der Waals surface area (Å²) in [6, 6.07) is 10.7. The molecule has 2 aromatic carbocycles. The van der Waals surface area contributed by atoms with Crippen molar-refractivity contribution >= 4 is 29.3 Å². The fraction of sp³-hybridized carbons (Fsp3) is 0.357. The summed E-state index contributed by atoms with van der Waals surface area (Å²) < 4.78 is 7.07. The Morgan fingerprint density at radius 2 is 1.76 bits per heavy atom. The van der Waals surface area contributed by atoms with Gasteiger partial charge in [0.05, 0.1) is 18.9 Å². The van der Waals surface area contributed by atoms with Crippen LogP contribution in [0.2, 0.25) is 0 Å². The van der Waals surface area contributed by atoms with Gasteiger partial charge >= 0.3 is 0 Å². The van der Waals surface area contributed by atoms with E-state index in [1.807, 2.05) is 39.2 Å². The Bertz CT molecular complexity index is 1240. The van der Waals surface area contributed by atoms with Crippen LogP contribution >= 0.6 is 11.8 Å². The van der Waals surface area contributed by atoms with Crippen LogP contribution in [0.4, 0.5) is 5.69 Å². The number of nitrogens with one attached hydrogen (secondary N) is 2. The molecule has 1 aromatic heterocycles. The zero-order valence-electron chi connectivity index (χ0n) is 22.3. The number of aryl methyl sites for hydroxylation is 3. The second kappa shape index (κ2) is 12.6. The number of aromatic nitrogens is 3. The van der Waals surface area contributed by atoms with E-state index in [0.29, 0.717) is 28.8 Å². The molecular weight excluding hydrogens is 486 g/mol. The van der Waals surface area contributed by atoms with Gasteiger partial charge in [0.1, 0.15) is 5.75 Å². The van der Waals surface area contributed by atoms with Crippen LogP contribution in [0, 0.1) is 26.7 Å². The Hall–Kier alpha value is -3.59. The summed E-state index contributed by atoms with van der Waals surface area (Å²) in [5, 5.41) is 15.5. The third-order valence-corrected chi connectivity index (χ3v) is 6.88. The van der Waals surface area contributed by atoms with Gasteiger partial charge < -0.3 is 19.9 Å². The van der Waals surface area contributed by atoms with Gasteiger partial charge in [-0.15, -0.1) is 16.8 Å². The molecule has 1 heterocycles. The first-order chi connectivity index (χ1) is 17.6. The second-order valence-corrected chi connectivity index (χ2v) is 10.2. The topological polar surface area (TPSA) is 98.1 Å². The number of anilines is 1. The van der Waals surface area contributed by atoms with Gasteiger partial charge in [0, 0.05) is 17.8 Å². The SMILES string of the molecule is C=CCn1c(SCC(=O)Nc2c(C)cc(C)cc2C)nnc1[C@H](NC(=O)c1ccc(OC)cc1)C(C)C. The molecule has 0 aliphatic rings. The molecule has 0 aliphatic heterocycles. The molecule has 0 aliphatic carbocycles. The smallest absolute Gasteiger partial charge is 0.251 e. The molecular formula is C28H35N5O3S. The van der Waals surface area contributed by atoms with Crippen molar-refractivity contribution in [3.05, 3.63) is 77.1 Å². The Kier molecular flexibility index (Phi) is 9.52. The molecule has 0 saturated carbocycles. The highest BCUT2D eigenvalue weighted by Gasteiger charge is 2.26. The zero-order valence-corrected chi connectivity index (χ0v) is 23.1. The van der Waals surface area contributed by atoms with Gasteiger partial charge in [-0.05, 0) is 62.1 Å². The van der Waals surface area contributed by atoms with Crippen LogP contribution in [0.1, 0.15) is 52.8 Å². The van der Waals surface area contributed by atoms with Crippen LogP contribution in [0.5, 0.6) is 5.75 Å². The third-order valence-electron chi connectivity index (χ3n) is 5.91. The summed E-state index contributed by atoms with van der Waals surface area (Å²) in [4.78, 5) is 25.8. The molecule has 0 radical (unpaired) electrons. The standard InChI is InChI=1S/C28H35N5O3S/c1-8-13-33-26(24(17(2)3)30-27(35)21-9-11-22(36-7)12-10-21)31-32-28(33)37-16-23(34)29-25-19(5)14-18(4)15-20(25)6/h8-12,14-15,17,24H,1,13,16H2,2-7H3,(H,29,34)(H,30,35)/t24-/m1/s1. The number of amides is 2. The van der Waals surface area contributed by atoms with E-state index in [4.69, 9.17) is 4.74 Å². The van der Waals surface area contributed by atoms with Crippen molar-refractivity contribution in [2.24, 2.45) is 5.92 Å². The summed E-state index contributed by atoms with van der Waals surface area (Å²) in [5.41, 5.74) is 4.58. The van der Waals surface area contributed by atoms with Crippen molar-refractivity contribution in [1.29, 1.82) is 0 Å². The molecule has 3 rings (SSSR count). The van der Waals surface area contributed by atoms with Crippen LogP contribution in [0.25, 0.3) is 0 Å². The predicted octanol–water partition coefficient (Wildman–Crippen LogP) is 5.26. The van der Waals surface area contributed by atoms with E-state index in [9.17, 15) is 9.59 Å². The number of hydrogen-bond donors (Lipinski definition) is 2. The zero-order chi connectivity index (χ0) is 27.1. The molecule has 0 bridgehead atoms. The lowest BCUT2D eigenvalue weighted by molar-refractivity contribution is -0.113. The van der Waals surface area contributed by atoms with E-state index in [1.54, 1.807) is 37.5 Å². The fourth-order valence-electron chi connectivity index (χ4n) is 4.12. The lowest BCUT2D eigenvalue weighted by atomic mass is 10.0. The van der Waals surface area contributed by atoms with Gasteiger partial charge in [0.2, 0.25) is 5.91 Å². The number of allylic oxidation sites excluding steroid dienone is 1. The van der Waals surface area contributed by atoms with Crippen molar-refractivity contribution in [3.8, 4) is 5.75 Å². The van der Waals surface area contributed by atoms with Crippen molar-refractivity contribution in [2.45, 2.75) is 52.4 Å². The van der Waals surface area contributed by atoms with Crippen molar-refractivity contribution in [1.82, 2.24) is 20.1 Å². The van der Waals surface area contributed by atoms with E-state index in [2.05, 4.69) is 39.5 Å². The van der Waals surface area contributed by atoms with Gasteiger partial charge in [-0.25, -0.2) is 0 Å². The Labute approximate surface area is 222 Å². The predicted molar refractivity (Wildman–Crippen MR) is 148 cm³/mol. The molecule has 8 nitrogen and oxygen atoms in total. The number of ether oxygens (including phenoxy) is 1. The number of rotatable bonds is 11. The van der Waals surface area contributed by atoms with Crippen LogP contribution < -0.4 is 15.4 Å². The highest BCUT2D eigenvalue weighted by Crippen LogP contribution is 2.27. The second-order valence-electron chi connectivity index (χ2n) is 9.27. The van der Waals surface area contributed by atoms with E-state index in [1.165, 1.54) is 11.8 Å². The monoisotopic (exact) mass is 521 g/mol. The Balaban J connectivity index is 1.76. The van der Waals surface area contributed by atoms with Crippen molar-refractivity contribution < 1.29 is 14.3 Å². The van der Waals surface area contributed by atoms with Crippen LogP contribution in [0.3, 0.4) is 0 Å². The summed E-state index contributed by atoms with van der Waals surface area (Å²) in [7, 11) is 1.58. The van der Waals surface area contributed by atoms with Crippen molar-refractivity contribution in [3.63, 3.8) is 0 Å². The molecule has 37 heavy (non-hydrogen) atoms. The van der Waals surface area contributed by atoms with Gasteiger partial charge in [-0.2, -0.15) is 0 Å². The molecule has 0 unspecified atom stereocenters. The van der Waals surface area contributed by atoms with Crippen LogP contribution in [-0.2, 0) is 11.3 Å². The van der Waals surface area contributed by atoms with Crippen LogP contribution in [0.15, 0.2) is 54.2 Å². The van der Waals surface area contributed by atoms with Gasteiger partial charge in [0.15, 0.2) is 11.0 Å². The lowest BCUT2D eigenvalue weighted by Crippen LogP contribution is -2.33. The maximum Gasteiger partial charge on any atom is 0.251 e. The van der Waals surface area contributed by atoms with E-state index >= 15 is 0 Å². The minimum absolute atomic E-state index is 0.0450. The first-order valence-electron chi connectivity index (χ1n) is 12.1. The third kappa shape index (κ3) is 7.01. The fourth-order valence-corrected chi connectivity index (χ4v) is 4.87. The van der Waals surface area contributed by atoms with Gasteiger partial charge in [-0.1, -0.05) is 49.4 Å². The molecule has 196 valence electrons. The molecule has 0 fully saturated rings. The number of benzene rings is 2. The summed E-state index contributed by atoms with van der Waals surface area (Å²) in [6.45, 7) is 14.3. The van der Waals surface area contributed by atoms with Gasteiger partial charge in [-0.3, -0.25) is 9.59 Å². The molecule has 0 saturated heterocycles. The number of hydrogen-bond acceptors (Lipinski definition) is 6. The minimum Gasteiger partial charge on any atom is -0.497 e. The number of carbonyl (C=O) groups is 2. The Morgan fingerprint density at radius 1 is 1.11 bits per heavy atom. The molecule has 2 N–H and O–H groups in total. The van der Waals surface area contributed by atoms with E-state index < -0.39 is 0 Å². The summed E-state index contributed by atoms with van der Waals surface area (Å²) in [6.07, 6.45) is 1.75. The number of methoxy groups -OCH3 is 1. The molecule has 3 aromatic rings. The van der Waals surface area contributed by atoms with Gasteiger partial charge in [0.25, 0.3) is 5.91 Å². The molecule has 2 amide bonds. The van der Waals surface area contributed by atoms with Crippen molar-refractivity contribution in [2.75, 3.05) is 18.2 Å². The molecule has 9 heteroatoms. The number of thioether (sulfide) groups is 1. The maximum atomic E-state index is 13.0. The number of carbonyl (C=O) groups excluding carboxylic acids is 2. The lowest BCUT2D eigenvalue weighted by Gasteiger charge is -2.22. The largest absolute Gasteiger partial charge is 0.497 e. The normalized spacial score (nSPS) is 11.8. The minimum atomic E-state index is -0.386. The highest BCUT2D eigenvalue weighted by molar-refractivity contribution is 7.99. The average Bonchev–Trinajstić information content (AvgIpc) is 3.25. The Morgan fingerprint density at radius 3 is 2.32 bits per heavy atom. The van der Waals surface area contributed by atoms with E-state index in [-0.39, 0.29) is 29.5 Å². The summed E-state index contributed by atoms with van der Waals surface area (Å²) in [5.74, 6) is 1.18. The molecule has 0 spiro atoms. The molecule has 1 atom stereocenters. The highest BCUT2D eigenvalue weighted by atomic mass is 32.2. The first kappa shape index (κ1) is 28.0. The summed E-state index contributed by atoms with van der Waals surface area (Å²) >= 11 is 1.30. The maximum absolute atomic E-state index is 13.0.